The summed E-state index contributed by atoms with van der Waals surface area (Å²) in [6.07, 6.45) is 0. The fourth-order valence-electron chi connectivity index (χ4n) is 0.748. The van der Waals surface area contributed by atoms with E-state index in [1.807, 2.05) is 6.92 Å². The smallest absolute Gasteiger partial charge is 0.255 e. The maximum absolute atomic E-state index is 11.0. The van der Waals surface area contributed by atoms with E-state index in [2.05, 4.69) is 0 Å². The van der Waals surface area contributed by atoms with Crippen molar-refractivity contribution in [1.82, 2.24) is 0 Å². The summed E-state index contributed by atoms with van der Waals surface area (Å²) in [5, 5.41) is 0. The van der Waals surface area contributed by atoms with E-state index in [0.29, 0.717) is 0 Å². The van der Waals surface area contributed by atoms with Crippen LogP contribution in [0.15, 0.2) is 29.2 Å². The third-order valence-corrected chi connectivity index (χ3v) is 3.62. The first-order chi connectivity index (χ1) is 5.56. The Labute approximate surface area is 74.9 Å². The number of rotatable bonds is 2. The molecular formula is C7H8O3S2. The first-order valence-corrected chi connectivity index (χ1v) is 5.98. The van der Waals surface area contributed by atoms with Crippen LogP contribution >= 0.6 is 11.1 Å². The van der Waals surface area contributed by atoms with Gasteiger partial charge in [0.2, 0.25) is 0 Å². The van der Waals surface area contributed by atoms with Crippen LogP contribution in [0.5, 0.6) is 0 Å². The largest absolute Gasteiger partial charge is 0.317 e. The Hall–Kier alpha value is -0.520. The SMILES string of the molecule is Cc1ccc(S(=O)(=O)SO)cc1. The minimum absolute atomic E-state index is 0.126. The Bertz CT molecular complexity index is 353. The summed E-state index contributed by atoms with van der Waals surface area (Å²) in [6, 6.07) is 6.30. The highest BCUT2D eigenvalue weighted by Crippen LogP contribution is 2.20. The van der Waals surface area contributed by atoms with Gasteiger partial charge in [-0.3, -0.25) is 0 Å². The molecular weight excluding hydrogens is 196 g/mol. The first kappa shape index (κ1) is 9.57. The second-order valence-corrected chi connectivity index (χ2v) is 5.63. The molecule has 0 aliphatic rings. The van der Waals surface area contributed by atoms with Gasteiger partial charge in [-0.15, -0.1) is 0 Å². The molecule has 3 nitrogen and oxygen atoms in total. The van der Waals surface area contributed by atoms with E-state index in [9.17, 15) is 8.42 Å². The van der Waals surface area contributed by atoms with E-state index in [4.69, 9.17) is 4.55 Å². The van der Waals surface area contributed by atoms with Crippen LogP contribution in [0, 0.1) is 6.92 Å². The van der Waals surface area contributed by atoms with Crippen molar-refractivity contribution in [3.05, 3.63) is 29.8 Å². The lowest BCUT2D eigenvalue weighted by Gasteiger charge is -1.98. The minimum Gasteiger partial charge on any atom is -0.317 e. The van der Waals surface area contributed by atoms with Crippen LogP contribution in [0.4, 0.5) is 0 Å². The molecule has 1 N–H and O–H groups in total. The summed E-state index contributed by atoms with van der Waals surface area (Å²) in [7, 11) is -3.54. The molecule has 0 spiro atoms. The number of aryl methyl sites for hydroxylation is 1. The molecule has 0 unspecified atom stereocenters. The van der Waals surface area contributed by atoms with Gasteiger partial charge in [0, 0.05) is 0 Å². The van der Waals surface area contributed by atoms with Crippen LogP contribution in [0.1, 0.15) is 5.56 Å². The van der Waals surface area contributed by atoms with Gasteiger partial charge in [0.05, 0.1) is 4.90 Å². The molecule has 0 amide bonds. The molecule has 0 radical (unpaired) electrons. The topological polar surface area (TPSA) is 54.4 Å². The highest BCUT2D eigenvalue weighted by molar-refractivity contribution is 8.69. The fraction of sp³-hybridized carbons (Fsp3) is 0.143. The molecule has 0 saturated heterocycles. The Balaban J connectivity index is 3.14. The minimum atomic E-state index is -3.54. The molecule has 1 aromatic rings. The van der Waals surface area contributed by atoms with Crippen LogP contribution in [-0.4, -0.2) is 13.0 Å². The van der Waals surface area contributed by atoms with Crippen molar-refractivity contribution in [2.45, 2.75) is 11.8 Å². The van der Waals surface area contributed by atoms with E-state index >= 15 is 0 Å². The molecule has 0 aliphatic heterocycles. The van der Waals surface area contributed by atoms with Crippen molar-refractivity contribution in [3.8, 4) is 0 Å². The summed E-state index contributed by atoms with van der Waals surface area (Å²) in [5.41, 5.74) is 0.983. The Kier molecular flexibility index (Phi) is 2.76. The quantitative estimate of drug-likeness (QED) is 0.590. The van der Waals surface area contributed by atoms with Crippen molar-refractivity contribution < 1.29 is 13.0 Å². The zero-order valence-electron chi connectivity index (χ0n) is 6.39. The molecule has 0 aliphatic carbocycles. The number of hydrogen-bond acceptors (Lipinski definition) is 4. The Morgan fingerprint density at radius 2 is 1.75 bits per heavy atom. The van der Waals surface area contributed by atoms with E-state index in [-0.39, 0.29) is 16.0 Å². The van der Waals surface area contributed by atoms with Crippen LogP contribution in [0.25, 0.3) is 0 Å². The lowest BCUT2D eigenvalue weighted by molar-refractivity contribution is 0.603. The van der Waals surface area contributed by atoms with E-state index < -0.39 is 8.87 Å². The highest BCUT2D eigenvalue weighted by atomic mass is 33.1. The number of hydrogen-bond donors (Lipinski definition) is 1. The van der Waals surface area contributed by atoms with Gasteiger partial charge in [-0.2, -0.15) is 0 Å². The molecule has 0 bridgehead atoms. The van der Waals surface area contributed by atoms with Crippen molar-refractivity contribution >= 4 is 19.9 Å². The van der Waals surface area contributed by atoms with Gasteiger partial charge in [0.15, 0.2) is 0 Å². The second kappa shape index (κ2) is 3.47. The van der Waals surface area contributed by atoms with Crippen LogP contribution in [0.2, 0.25) is 0 Å². The van der Waals surface area contributed by atoms with Gasteiger partial charge >= 0.3 is 0 Å². The third-order valence-electron chi connectivity index (χ3n) is 1.41. The molecule has 12 heavy (non-hydrogen) atoms. The molecule has 1 aromatic carbocycles. The molecule has 0 atom stereocenters. The van der Waals surface area contributed by atoms with Gasteiger partial charge in [0.1, 0.15) is 11.1 Å². The first-order valence-electron chi connectivity index (χ1n) is 3.21. The Morgan fingerprint density at radius 3 is 2.17 bits per heavy atom. The van der Waals surface area contributed by atoms with Gasteiger partial charge in [0.25, 0.3) is 8.87 Å². The van der Waals surface area contributed by atoms with Crippen LogP contribution in [0.3, 0.4) is 0 Å². The highest BCUT2D eigenvalue weighted by Gasteiger charge is 2.12. The molecule has 66 valence electrons. The van der Waals surface area contributed by atoms with Crippen LogP contribution in [-0.2, 0) is 8.87 Å². The molecule has 1 rings (SSSR count). The Morgan fingerprint density at radius 1 is 1.25 bits per heavy atom. The molecule has 0 fully saturated rings. The van der Waals surface area contributed by atoms with E-state index in [1.165, 1.54) is 12.1 Å². The zero-order valence-corrected chi connectivity index (χ0v) is 8.02. The molecule has 0 saturated carbocycles. The standard InChI is InChI=1S/C7H8O3S2/c1-6-2-4-7(5-3-6)12(9,10)11-8/h2-5,8H,1H3. The lowest BCUT2D eigenvalue weighted by Crippen LogP contribution is -1.93. The number of benzene rings is 1. The maximum atomic E-state index is 11.0. The van der Waals surface area contributed by atoms with Gasteiger partial charge in [-0.1, -0.05) is 17.7 Å². The normalized spacial score (nSPS) is 11.5. The molecule has 5 heteroatoms. The van der Waals surface area contributed by atoms with Crippen molar-refractivity contribution in [3.63, 3.8) is 0 Å². The third kappa shape index (κ3) is 2.00. The van der Waals surface area contributed by atoms with Crippen molar-refractivity contribution in [1.29, 1.82) is 0 Å². The monoisotopic (exact) mass is 204 g/mol. The summed E-state index contributed by atoms with van der Waals surface area (Å²) in [6.45, 7) is 1.86. The summed E-state index contributed by atoms with van der Waals surface area (Å²) >= 11 is -0.142. The molecule has 0 heterocycles. The maximum Gasteiger partial charge on any atom is 0.255 e. The van der Waals surface area contributed by atoms with Crippen LogP contribution < -0.4 is 0 Å². The average Bonchev–Trinajstić information content (AvgIpc) is 2.05. The predicted octanol–water partition coefficient (Wildman–Crippen LogP) is 1.89. The van der Waals surface area contributed by atoms with E-state index in [1.54, 1.807) is 12.1 Å². The van der Waals surface area contributed by atoms with Gasteiger partial charge in [-0.05, 0) is 19.1 Å². The van der Waals surface area contributed by atoms with Crippen molar-refractivity contribution in [2.75, 3.05) is 0 Å². The summed E-state index contributed by atoms with van der Waals surface area (Å²) in [4.78, 5) is 0.126. The van der Waals surface area contributed by atoms with Gasteiger partial charge < -0.3 is 4.55 Å². The average molecular weight is 204 g/mol. The summed E-state index contributed by atoms with van der Waals surface area (Å²) < 4.78 is 30.5. The lowest BCUT2D eigenvalue weighted by atomic mass is 10.2. The van der Waals surface area contributed by atoms with Crippen molar-refractivity contribution in [2.24, 2.45) is 0 Å². The summed E-state index contributed by atoms with van der Waals surface area (Å²) in [5.74, 6) is 0. The fourth-order valence-corrected chi connectivity index (χ4v) is 1.89. The van der Waals surface area contributed by atoms with Gasteiger partial charge in [-0.25, -0.2) is 8.42 Å². The second-order valence-electron chi connectivity index (χ2n) is 2.34. The predicted molar refractivity (Wildman–Crippen MR) is 48.6 cm³/mol. The van der Waals surface area contributed by atoms with E-state index in [0.717, 1.165) is 5.56 Å². The zero-order chi connectivity index (χ0) is 9.19. The molecule has 0 aromatic heterocycles.